The molecule has 3 heterocycles. The van der Waals surface area contributed by atoms with Crippen LogP contribution in [0.25, 0.3) is 0 Å². The molecule has 3 saturated heterocycles. The predicted octanol–water partition coefficient (Wildman–Crippen LogP) is -8.46. The molecule has 2 N–H and O–H groups in total. The van der Waals surface area contributed by atoms with Gasteiger partial charge in [-0.15, -0.1) is 0 Å². The van der Waals surface area contributed by atoms with E-state index in [9.17, 15) is 0 Å². The highest BCUT2D eigenvalue weighted by Crippen LogP contribution is 2.19. The molecule has 0 bridgehead atoms. The lowest BCUT2D eigenvalue weighted by Gasteiger charge is -2.61. The lowest BCUT2D eigenvalue weighted by atomic mass is 11.6. The Labute approximate surface area is 127 Å². The fourth-order valence-corrected chi connectivity index (χ4v) is 50.8. The minimum absolute atomic E-state index is 0.0240. The summed E-state index contributed by atoms with van der Waals surface area (Å²) in [4.78, 5) is 0. The molecule has 2 atom stereocenters. The van der Waals surface area contributed by atoms with Gasteiger partial charge in [-0.05, 0) is 14.1 Å². The van der Waals surface area contributed by atoms with Gasteiger partial charge in [-0.3, -0.25) is 0 Å². The van der Waals surface area contributed by atoms with Gasteiger partial charge in [0.05, 0.1) is 9.68 Å². The molecule has 2 unspecified atom stereocenters. The van der Waals surface area contributed by atoms with Gasteiger partial charge in [0.15, 0.2) is 49.2 Å². The molecule has 15 heteroatoms. The first-order chi connectivity index (χ1) is 8.70. The third-order valence-electron chi connectivity index (χ3n) is 4.13. The Morgan fingerprint density at radius 1 is 1.06 bits per heavy atom. The smallest absolute Gasteiger partial charge is 0.248 e. The van der Waals surface area contributed by atoms with Crippen molar-refractivity contribution in [2.75, 3.05) is 14.1 Å². The molecule has 0 saturated carbocycles. The van der Waals surface area contributed by atoms with E-state index in [0.717, 1.165) is 0 Å². The molecule has 0 amide bonds. The van der Waals surface area contributed by atoms with Crippen LogP contribution < -0.4 is 9.30 Å². The minimum Gasteiger partial charge on any atom is -0.360 e. The monoisotopic (exact) mass is 383 g/mol. The van der Waals surface area contributed by atoms with Crippen LogP contribution in [0.4, 0.5) is 0 Å². The zero-order valence-electron chi connectivity index (χ0n) is 11.6. The van der Waals surface area contributed by atoms with E-state index in [2.05, 4.69) is 50.1 Å². The van der Waals surface area contributed by atoms with Crippen LogP contribution in [0.2, 0.25) is 6.55 Å². The minimum atomic E-state index is -0.820. The Morgan fingerprint density at radius 3 is 2.56 bits per heavy atom. The molecule has 0 aliphatic carbocycles. The molecular weight excluding hydrogens is 359 g/mol. The third-order valence-corrected chi connectivity index (χ3v) is 32.7. The van der Waals surface area contributed by atoms with Crippen LogP contribution >= 0.6 is 0 Å². The summed E-state index contributed by atoms with van der Waals surface area (Å²) in [6.07, 6.45) is 0. The number of hydrogen-bond acceptors (Lipinski definition) is 7. The SMILES string of the molecule is C[SiH2]N1[SiH2]N[SiH2]N2[SiH2]N(C)[SiH]3N(C)[SiH2]N3[SiH]2N[SiH2]1. The van der Waals surface area contributed by atoms with Crippen LogP contribution in [-0.2, 0) is 0 Å². The maximum absolute atomic E-state index is 4.17. The number of hydrogen-bond donors (Lipinski definition) is 2. The molecule has 18 heavy (non-hydrogen) atoms. The third kappa shape index (κ3) is 2.62. The summed E-state index contributed by atoms with van der Waals surface area (Å²) in [6, 6.07) is 0. The highest BCUT2D eigenvalue weighted by Gasteiger charge is 2.49. The molecule has 0 aromatic carbocycles. The largest absolute Gasteiger partial charge is 0.360 e. The van der Waals surface area contributed by atoms with Crippen LogP contribution in [0.3, 0.4) is 0 Å². The van der Waals surface area contributed by atoms with E-state index in [-0.39, 0.29) is 58.9 Å². The van der Waals surface area contributed by atoms with Crippen LogP contribution in [0.15, 0.2) is 0 Å². The molecule has 3 aliphatic rings. The van der Waals surface area contributed by atoms with Crippen molar-refractivity contribution < 1.29 is 0 Å². The van der Waals surface area contributed by atoms with Crippen LogP contribution in [0, 0.1) is 0 Å². The summed E-state index contributed by atoms with van der Waals surface area (Å²) < 4.78 is 22.7. The van der Waals surface area contributed by atoms with Crippen molar-refractivity contribution in [3.63, 3.8) is 0 Å². The Bertz CT molecular complexity index is 306. The fraction of sp³-hybridized carbons (Fsp3) is 1.00. The number of rotatable bonds is 1. The lowest BCUT2D eigenvalue weighted by Crippen LogP contribution is -2.90. The van der Waals surface area contributed by atoms with Crippen molar-refractivity contribution in [2.45, 2.75) is 6.55 Å². The summed E-state index contributed by atoms with van der Waals surface area (Å²) in [5.74, 6) is 0. The van der Waals surface area contributed by atoms with E-state index >= 15 is 0 Å². The second-order valence-corrected chi connectivity index (χ2v) is 32.2. The van der Waals surface area contributed by atoms with Crippen LogP contribution in [-0.4, -0.2) is 112 Å². The number of nitrogens with zero attached hydrogens (tertiary/aromatic N) is 5. The highest BCUT2D eigenvalue weighted by atomic mass is 28.5. The second-order valence-electron chi connectivity index (χ2n) is 5.54. The standard InChI is InChI=1S/C3H25N7Si8/c1-6-15-9-13-4-12-8(11-3)14-5-17(9)10-16-7(2)18(6)10/h4-5,17-18H,11-16H2,1-3H3. The Morgan fingerprint density at radius 2 is 1.83 bits per heavy atom. The summed E-state index contributed by atoms with van der Waals surface area (Å²) in [5.41, 5.74) is 0. The summed E-state index contributed by atoms with van der Waals surface area (Å²) in [7, 11) is 3.03. The van der Waals surface area contributed by atoms with Crippen molar-refractivity contribution in [3.05, 3.63) is 0 Å². The van der Waals surface area contributed by atoms with Crippen molar-refractivity contribution >= 4 is 77.5 Å². The van der Waals surface area contributed by atoms with Gasteiger partial charge in [0, 0.05) is 0 Å². The molecular formula is C3H25N7Si8. The first-order valence-electron chi connectivity index (χ1n) is 6.77. The van der Waals surface area contributed by atoms with Gasteiger partial charge in [-0.2, -0.15) is 0 Å². The second kappa shape index (κ2) is 6.06. The molecule has 0 spiro atoms. The van der Waals surface area contributed by atoms with E-state index < -0.39 is 18.6 Å². The number of nitrogens with one attached hydrogen (secondary N) is 2. The zero-order valence-corrected chi connectivity index (χ0v) is 22.4. The van der Waals surface area contributed by atoms with Gasteiger partial charge in [0.1, 0.15) is 0 Å². The first-order valence-corrected chi connectivity index (χ1v) is 18.5. The molecule has 7 nitrogen and oxygen atoms in total. The van der Waals surface area contributed by atoms with Crippen molar-refractivity contribution in [1.29, 1.82) is 0 Å². The number of fused-ring (bicyclic) bond motifs is 3. The summed E-state index contributed by atoms with van der Waals surface area (Å²) in [6.45, 7) is 2.47. The van der Waals surface area contributed by atoms with Gasteiger partial charge in [0.25, 0.3) is 0 Å². The van der Waals surface area contributed by atoms with Gasteiger partial charge >= 0.3 is 0 Å². The molecule has 0 radical (unpaired) electrons. The van der Waals surface area contributed by atoms with Crippen LogP contribution in [0.5, 0.6) is 0 Å². The Balaban J connectivity index is 1.69. The molecule has 0 aromatic heterocycles. The molecule has 3 rings (SSSR count). The van der Waals surface area contributed by atoms with E-state index in [1.165, 1.54) is 0 Å². The Kier molecular flexibility index (Phi) is 4.85. The summed E-state index contributed by atoms with van der Waals surface area (Å²) in [5, 5.41) is 0. The van der Waals surface area contributed by atoms with Crippen LogP contribution in [0.1, 0.15) is 0 Å². The highest BCUT2D eigenvalue weighted by molar-refractivity contribution is 6.98. The molecule has 0 aromatic rings. The zero-order chi connectivity index (χ0) is 12.7. The van der Waals surface area contributed by atoms with E-state index in [0.29, 0.717) is 0 Å². The topological polar surface area (TPSA) is 40.3 Å². The van der Waals surface area contributed by atoms with Crippen molar-refractivity contribution in [2.24, 2.45) is 0 Å². The average molecular weight is 384 g/mol. The fourth-order valence-electron chi connectivity index (χ4n) is 3.23. The Hall–Kier alpha value is 1.46. The van der Waals surface area contributed by atoms with E-state index in [1.54, 1.807) is 0 Å². The average Bonchev–Trinajstić information content (AvgIpc) is 2.30. The van der Waals surface area contributed by atoms with Crippen molar-refractivity contribution in [3.8, 4) is 0 Å². The lowest BCUT2D eigenvalue weighted by molar-refractivity contribution is 0.501. The normalized spacial score (nSPS) is 44.8. The van der Waals surface area contributed by atoms with Gasteiger partial charge in [-0.1, -0.05) is 6.55 Å². The first kappa shape index (κ1) is 14.4. The maximum atomic E-state index is 4.17. The van der Waals surface area contributed by atoms with Gasteiger partial charge in [0.2, 0.25) is 18.6 Å². The van der Waals surface area contributed by atoms with Crippen molar-refractivity contribution in [1.82, 2.24) is 29.4 Å². The predicted molar refractivity (Wildman–Crippen MR) is 98.7 cm³/mol. The molecule has 104 valence electrons. The van der Waals surface area contributed by atoms with Gasteiger partial charge < -0.3 is 29.4 Å². The summed E-state index contributed by atoms with van der Waals surface area (Å²) >= 11 is 0. The van der Waals surface area contributed by atoms with E-state index in [1.807, 2.05) is 0 Å². The molecule has 3 aliphatic heterocycles. The van der Waals surface area contributed by atoms with E-state index in [4.69, 9.17) is 0 Å². The quantitative estimate of drug-likeness (QED) is 0.436. The van der Waals surface area contributed by atoms with Gasteiger partial charge in [-0.25, -0.2) is 0 Å². The maximum Gasteiger partial charge on any atom is 0.248 e. The molecule has 3 fully saturated rings.